The fraction of sp³-hybridized carbons (Fsp3) is 0.143. The molecular weight excluding hydrogens is 174 g/mol. The predicted molar refractivity (Wildman–Crippen MR) is 43.7 cm³/mol. The van der Waals surface area contributed by atoms with E-state index in [1.165, 1.54) is 0 Å². The van der Waals surface area contributed by atoms with E-state index in [2.05, 4.69) is 0 Å². The molecule has 1 rings (SSSR count). The van der Waals surface area contributed by atoms with Gasteiger partial charge in [0.15, 0.2) is 0 Å². The molecular formula is C7H7Cl2F. The Morgan fingerprint density at radius 3 is 1.80 bits per heavy atom. The van der Waals surface area contributed by atoms with Crippen molar-refractivity contribution in [3.05, 3.63) is 33.8 Å². The van der Waals surface area contributed by atoms with E-state index in [0.717, 1.165) is 15.6 Å². The predicted octanol–water partition coefficient (Wildman–Crippen LogP) is 3.45. The van der Waals surface area contributed by atoms with E-state index in [4.69, 9.17) is 23.2 Å². The molecule has 0 atom stereocenters. The van der Waals surface area contributed by atoms with Crippen LogP contribution in [-0.4, -0.2) is 0 Å². The van der Waals surface area contributed by atoms with E-state index in [-0.39, 0.29) is 4.70 Å². The van der Waals surface area contributed by atoms with Crippen molar-refractivity contribution in [1.29, 1.82) is 0 Å². The van der Waals surface area contributed by atoms with E-state index >= 15 is 0 Å². The van der Waals surface area contributed by atoms with E-state index in [1.807, 2.05) is 25.1 Å². The second-order valence-corrected chi connectivity index (χ2v) is 2.66. The Morgan fingerprint density at radius 1 is 1.10 bits per heavy atom. The Labute approximate surface area is 69.1 Å². The van der Waals surface area contributed by atoms with Crippen LogP contribution in [0.25, 0.3) is 0 Å². The highest BCUT2D eigenvalue weighted by atomic mass is 35.5. The molecule has 0 amide bonds. The molecule has 0 heterocycles. The van der Waals surface area contributed by atoms with Gasteiger partial charge in [-0.05, 0) is 24.6 Å². The Balaban J connectivity index is 0.000000810. The summed E-state index contributed by atoms with van der Waals surface area (Å²) in [5, 5.41) is 1.45. The van der Waals surface area contributed by atoms with Crippen molar-refractivity contribution in [2.75, 3.05) is 0 Å². The quantitative estimate of drug-likeness (QED) is 0.574. The van der Waals surface area contributed by atoms with Gasteiger partial charge in [-0.25, -0.2) is 0 Å². The van der Waals surface area contributed by atoms with Crippen molar-refractivity contribution in [1.82, 2.24) is 0 Å². The van der Waals surface area contributed by atoms with Crippen LogP contribution in [0.2, 0.25) is 10.0 Å². The van der Waals surface area contributed by atoms with Crippen LogP contribution in [-0.2, 0) is 0 Å². The Hall–Kier alpha value is -0.270. The number of halogens is 3. The van der Waals surface area contributed by atoms with Crippen LogP contribution in [0.5, 0.6) is 0 Å². The summed E-state index contributed by atoms with van der Waals surface area (Å²) in [6.07, 6.45) is 0. The Morgan fingerprint density at radius 2 is 1.50 bits per heavy atom. The molecule has 0 aromatic heterocycles. The molecule has 0 nitrogen and oxygen atoms in total. The van der Waals surface area contributed by atoms with Crippen LogP contribution in [0.4, 0.5) is 4.70 Å². The third-order valence-corrected chi connectivity index (χ3v) is 2.02. The molecule has 0 N–H and O–H groups in total. The zero-order chi connectivity index (χ0) is 6.85. The molecule has 1 aromatic carbocycles. The number of hydrogen-bond acceptors (Lipinski definition) is 0. The van der Waals surface area contributed by atoms with Crippen molar-refractivity contribution >= 4 is 23.2 Å². The monoisotopic (exact) mass is 180 g/mol. The first-order chi connectivity index (χ1) is 4.22. The minimum atomic E-state index is 0. The fourth-order valence-electron chi connectivity index (χ4n) is 0.581. The summed E-state index contributed by atoms with van der Waals surface area (Å²) >= 11 is 11.5. The van der Waals surface area contributed by atoms with Gasteiger partial charge in [0.05, 0.1) is 0 Å². The zero-order valence-corrected chi connectivity index (χ0v) is 6.91. The summed E-state index contributed by atoms with van der Waals surface area (Å²) in [7, 11) is 0. The Bertz CT molecular complexity index is 203. The molecule has 3 heteroatoms. The molecule has 0 aliphatic carbocycles. The van der Waals surface area contributed by atoms with Crippen LogP contribution in [0, 0.1) is 6.92 Å². The molecule has 0 fully saturated rings. The normalized spacial score (nSPS) is 8.70. The van der Waals surface area contributed by atoms with Gasteiger partial charge in [-0.1, -0.05) is 29.3 Å². The van der Waals surface area contributed by atoms with E-state index in [0.29, 0.717) is 0 Å². The standard InChI is InChI=1S/C7H6Cl2.FH/c1-5-6(8)3-2-4-7(5)9;/h2-4H,1H3;1H. The average Bonchev–Trinajstić information content (AvgIpc) is 1.83. The first kappa shape index (κ1) is 9.73. The van der Waals surface area contributed by atoms with Crippen molar-refractivity contribution < 1.29 is 4.70 Å². The molecule has 1 aromatic rings. The van der Waals surface area contributed by atoms with Gasteiger partial charge >= 0.3 is 0 Å². The smallest absolute Gasteiger partial charge is 0.0450 e. The fourth-order valence-corrected chi connectivity index (χ4v) is 0.979. The average molecular weight is 181 g/mol. The molecule has 0 aliphatic heterocycles. The van der Waals surface area contributed by atoms with Gasteiger partial charge in [0.1, 0.15) is 0 Å². The summed E-state index contributed by atoms with van der Waals surface area (Å²) < 4.78 is 0. The number of benzene rings is 1. The van der Waals surface area contributed by atoms with Gasteiger partial charge in [-0.2, -0.15) is 0 Å². The third-order valence-electron chi connectivity index (χ3n) is 1.20. The second kappa shape index (κ2) is 3.79. The topological polar surface area (TPSA) is 0 Å². The number of rotatable bonds is 0. The van der Waals surface area contributed by atoms with Gasteiger partial charge < -0.3 is 0 Å². The maximum atomic E-state index is 5.73. The van der Waals surface area contributed by atoms with Crippen LogP contribution in [0.15, 0.2) is 18.2 Å². The summed E-state index contributed by atoms with van der Waals surface area (Å²) in [5.41, 5.74) is 0.945. The van der Waals surface area contributed by atoms with Crippen LogP contribution in [0.1, 0.15) is 5.56 Å². The van der Waals surface area contributed by atoms with E-state index < -0.39 is 0 Å². The molecule has 0 unspecified atom stereocenters. The highest BCUT2D eigenvalue weighted by molar-refractivity contribution is 6.35. The van der Waals surface area contributed by atoms with Gasteiger partial charge in [0, 0.05) is 10.0 Å². The summed E-state index contributed by atoms with van der Waals surface area (Å²) in [4.78, 5) is 0. The molecule has 56 valence electrons. The SMILES string of the molecule is Cc1c(Cl)cccc1Cl.F. The first-order valence-electron chi connectivity index (χ1n) is 2.62. The lowest BCUT2D eigenvalue weighted by molar-refractivity contribution is 1.11. The lowest BCUT2D eigenvalue weighted by Gasteiger charge is -1.96. The highest BCUT2D eigenvalue weighted by Crippen LogP contribution is 2.21. The summed E-state index contributed by atoms with van der Waals surface area (Å²) in [6.45, 7) is 1.89. The molecule has 0 aliphatic rings. The summed E-state index contributed by atoms with van der Waals surface area (Å²) in [5.74, 6) is 0. The van der Waals surface area contributed by atoms with Crippen molar-refractivity contribution in [2.45, 2.75) is 6.92 Å². The molecule has 0 spiro atoms. The van der Waals surface area contributed by atoms with Gasteiger partial charge in [0.2, 0.25) is 0 Å². The largest absolute Gasteiger partial charge is 0.269 e. The molecule has 10 heavy (non-hydrogen) atoms. The van der Waals surface area contributed by atoms with E-state index in [1.54, 1.807) is 0 Å². The van der Waals surface area contributed by atoms with Crippen molar-refractivity contribution in [3.8, 4) is 0 Å². The third kappa shape index (κ3) is 1.86. The van der Waals surface area contributed by atoms with Crippen LogP contribution < -0.4 is 0 Å². The Kier molecular flexibility index (Phi) is 3.69. The lowest BCUT2D eigenvalue weighted by atomic mass is 10.2. The molecule has 0 bridgehead atoms. The maximum Gasteiger partial charge on any atom is 0.0450 e. The second-order valence-electron chi connectivity index (χ2n) is 1.85. The minimum absolute atomic E-state index is 0. The minimum Gasteiger partial charge on any atom is -0.269 e. The number of hydrogen-bond donors (Lipinski definition) is 0. The van der Waals surface area contributed by atoms with E-state index in [9.17, 15) is 0 Å². The van der Waals surface area contributed by atoms with Gasteiger partial charge in [-0.15, -0.1) is 0 Å². The molecule has 0 saturated heterocycles. The first-order valence-corrected chi connectivity index (χ1v) is 3.38. The maximum absolute atomic E-state index is 5.73. The van der Waals surface area contributed by atoms with Crippen molar-refractivity contribution in [3.63, 3.8) is 0 Å². The van der Waals surface area contributed by atoms with Gasteiger partial charge in [0.25, 0.3) is 0 Å². The molecule has 0 radical (unpaired) electrons. The zero-order valence-electron chi connectivity index (χ0n) is 5.40. The highest BCUT2D eigenvalue weighted by Gasteiger charge is 1.96. The van der Waals surface area contributed by atoms with Crippen LogP contribution in [0.3, 0.4) is 0 Å². The van der Waals surface area contributed by atoms with Gasteiger partial charge in [-0.3, -0.25) is 4.70 Å². The summed E-state index contributed by atoms with van der Waals surface area (Å²) in [6, 6.07) is 5.48. The van der Waals surface area contributed by atoms with Crippen molar-refractivity contribution in [2.24, 2.45) is 0 Å². The van der Waals surface area contributed by atoms with Crippen LogP contribution >= 0.6 is 23.2 Å². The lowest BCUT2D eigenvalue weighted by Crippen LogP contribution is -1.73. The molecule has 0 saturated carbocycles.